The van der Waals surface area contributed by atoms with Crippen molar-refractivity contribution in [1.82, 2.24) is 20.7 Å². The van der Waals surface area contributed by atoms with Gasteiger partial charge in [-0.2, -0.15) is 0 Å². The summed E-state index contributed by atoms with van der Waals surface area (Å²) in [6, 6.07) is 15.5. The molecule has 1 N–H and O–H groups in total. The Morgan fingerprint density at radius 1 is 1.00 bits per heavy atom. The van der Waals surface area contributed by atoms with Gasteiger partial charge in [-0.25, -0.2) is 0 Å². The molecule has 2 aromatic carbocycles. The molecule has 1 unspecified atom stereocenters. The zero-order valence-corrected chi connectivity index (χ0v) is 27.1. The van der Waals surface area contributed by atoms with E-state index in [0.717, 1.165) is 60.4 Å². The fourth-order valence-corrected chi connectivity index (χ4v) is 4.35. The zero-order chi connectivity index (χ0) is 23.8. The molecule has 1 aromatic heterocycles. The van der Waals surface area contributed by atoms with Crippen molar-refractivity contribution in [2.45, 2.75) is 52.5 Å². The molecule has 0 saturated heterocycles. The molecule has 1 atom stereocenters. The Morgan fingerprint density at radius 2 is 1.70 bits per heavy atom. The number of aromatic nitrogens is 3. The SMILES string of the molecule is C.O=C(CCC(=O)N1Cc2ccccc2-c2[n-]nnc2-c2ccccc21)NCCCCCCOP.[CH3-].[Rb+]. The van der Waals surface area contributed by atoms with E-state index in [9.17, 15) is 9.59 Å². The van der Waals surface area contributed by atoms with Crippen molar-refractivity contribution in [3.63, 3.8) is 0 Å². The first kappa shape index (κ1) is 33.7. The number of unbranched alkanes of at least 4 members (excludes halogenated alkanes) is 3. The van der Waals surface area contributed by atoms with Gasteiger partial charge in [-0.15, -0.1) is 0 Å². The van der Waals surface area contributed by atoms with Crippen molar-refractivity contribution in [3.05, 3.63) is 61.5 Å². The van der Waals surface area contributed by atoms with E-state index >= 15 is 0 Å². The maximum atomic E-state index is 13.3. The number of amides is 2. The van der Waals surface area contributed by atoms with Gasteiger partial charge in [0.25, 0.3) is 0 Å². The van der Waals surface area contributed by atoms with E-state index in [-0.39, 0.29) is 97.7 Å². The van der Waals surface area contributed by atoms with Crippen LogP contribution in [0.1, 0.15) is 51.5 Å². The van der Waals surface area contributed by atoms with Crippen molar-refractivity contribution in [2.75, 3.05) is 18.1 Å². The summed E-state index contributed by atoms with van der Waals surface area (Å²) in [5.41, 5.74) is 4.81. The zero-order valence-electron chi connectivity index (χ0n) is 21.1. The minimum absolute atomic E-state index is 0. The molecule has 0 aliphatic carbocycles. The molecule has 0 bridgehead atoms. The molecule has 2 amide bonds. The number of carbonyl (C=O) groups excluding carboxylic acids is 2. The first-order chi connectivity index (χ1) is 16.7. The topological polar surface area (TPSA) is 98.5 Å². The number of benzene rings is 2. The summed E-state index contributed by atoms with van der Waals surface area (Å²) in [6.07, 6.45) is 4.33. The van der Waals surface area contributed by atoms with E-state index in [2.05, 4.69) is 30.2 Å². The molecule has 0 saturated carbocycles. The number of hydrogen-bond donors (Lipinski definition) is 1. The number of anilines is 1. The van der Waals surface area contributed by atoms with Crippen LogP contribution in [0, 0.1) is 7.43 Å². The quantitative estimate of drug-likeness (QED) is 0.219. The van der Waals surface area contributed by atoms with Crippen LogP contribution in [0.15, 0.2) is 48.5 Å². The Kier molecular flexibility index (Phi) is 15.8. The number of carbonyl (C=O) groups is 2. The monoisotopic (exact) mass is 594 g/mol. The van der Waals surface area contributed by atoms with Crippen molar-refractivity contribution in [1.29, 1.82) is 0 Å². The van der Waals surface area contributed by atoms with E-state index in [1.165, 1.54) is 0 Å². The Bertz CT molecular complexity index is 1140. The maximum absolute atomic E-state index is 13.3. The molecule has 3 aromatic rings. The largest absolute Gasteiger partial charge is 1.00 e. The Morgan fingerprint density at radius 3 is 2.49 bits per heavy atom. The number of para-hydroxylation sites is 1. The third-order valence-corrected chi connectivity index (χ3v) is 6.18. The van der Waals surface area contributed by atoms with Crippen LogP contribution in [0.4, 0.5) is 5.69 Å². The van der Waals surface area contributed by atoms with Gasteiger partial charge < -0.3 is 32.4 Å². The molecule has 4 rings (SSSR count). The van der Waals surface area contributed by atoms with Crippen LogP contribution in [0.3, 0.4) is 0 Å². The fourth-order valence-electron chi connectivity index (χ4n) is 4.18. The van der Waals surface area contributed by atoms with Gasteiger partial charge in [-0.05, 0) is 41.4 Å². The molecule has 0 fully saturated rings. The standard InChI is InChI=1S/C25H30N5O3P.CH4.CH3.Rb/c31-22(26-15-7-1-2-8-16-33-34)13-14-23(32)30-17-18-9-3-4-10-19(18)24-25(28-29-27-24)20-11-5-6-12-21(20)30;;;/h3-6,9-12H,1-2,7-8,13-17,34H2,(H2,26,27,28,29,31);1H4;1H3;/q;;-1;+1/p-1. The van der Waals surface area contributed by atoms with Gasteiger partial charge >= 0.3 is 58.2 Å². The molecular formula is C27H36N5O3PRb-. The Hall–Kier alpha value is -1.28. The predicted molar refractivity (Wildman–Crippen MR) is 147 cm³/mol. The summed E-state index contributed by atoms with van der Waals surface area (Å²) >= 11 is 0. The first-order valence-corrected chi connectivity index (χ1v) is 12.1. The third-order valence-electron chi connectivity index (χ3n) is 5.94. The number of fused-ring (bicyclic) bond motifs is 5. The van der Waals surface area contributed by atoms with E-state index in [1.54, 1.807) is 4.90 Å². The van der Waals surface area contributed by atoms with Crippen LogP contribution in [-0.2, 0) is 20.7 Å². The summed E-state index contributed by atoms with van der Waals surface area (Å²) in [4.78, 5) is 27.4. The molecule has 8 nitrogen and oxygen atoms in total. The number of hydrogen-bond acceptors (Lipinski definition) is 5. The average molecular weight is 595 g/mol. The van der Waals surface area contributed by atoms with Crippen LogP contribution in [0.5, 0.6) is 0 Å². The average Bonchev–Trinajstić information content (AvgIpc) is 3.34. The van der Waals surface area contributed by atoms with Crippen LogP contribution < -0.4 is 73.5 Å². The summed E-state index contributed by atoms with van der Waals surface area (Å²) in [7, 11) is 2.25. The van der Waals surface area contributed by atoms with Gasteiger partial charge in [0.15, 0.2) is 0 Å². The fraction of sp³-hybridized carbons (Fsp3) is 0.370. The van der Waals surface area contributed by atoms with Gasteiger partial charge in [0.2, 0.25) is 11.8 Å². The van der Waals surface area contributed by atoms with E-state index in [0.29, 0.717) is 18.8 Å². The number of nitrogens with zero attached hydrogens (tertiary/aromatic N) is 4. The van der Waals surface area contributed by atoms with Crippen molar-refractivity contribution in [2.24, 2.45) is 0 Å². The Balaban J connectivity index is 0.00000228. The van der Waals surface area contributed by atoms with Crippen LogP contribution >= 0.6 is 9.47 Å². The maximum Gasteiger partial charge on any atom is 1.00 e. The summed E-state index contributed by atoms with van der Waals surface area (Å²) in [5, 5.41) is 15.4. The van der Waals surface area contributed by atoms with Crippen LogP contribution in [-0.4, -0.2) is 35.3 Å². The van der Waals surface area contributed by atoms with E-state index in [4.69, 9.17) is 4.52 Å². The van der Waals surface area contributed by atoms with Crippen molar-refractivity contribution < 1.29 is 72.3 Å². The molecule has 0 spiro atoms. The molecule has 2 heterocycles. The first-order valence-electron chi connectivity index (χ1n) is 11.6. The second-order valence-corrected chi connectivity index (χ2v) is 8.61. The van der Waals surface area contributed by atoms with Gasteiger partial charge in [0.05, 0.1) is 18.8 Å². The molecule has 10 heteroatoms. The summed E-state index contributed by atoms with van der Waals surface area (Å²) in [5.74, 6) is -0.207. The molecule has 0 radical (unpaired) electrons. The summed E-state index contributed by atoms with van der Waals surface area (Å²) in [6.45, 7) is 1.75. The van der Waals surface area contributed by atoms with Crippen LogP contribution in [0.25, 0.3) is 22.5 Å². The minimum Gasteiger partial charge on any atom is -0.366 e. The summed E-state index contributed by atoms with van der Waals surface area (Å²) < 4.78 is 4.96. The second-order valence-electron chi connectivity index (χ2n) is 8.28. The second kappa shape index (κ2) is 17.3. The molecular weight excluding hydrogens is 559 g/mol. The number of nitrogens with one attached hydrogen (secondary N) is 1. The smallest absolute Gasteiger partial charge is 0.366 e. The minimum atomic E-state index is -0.106. The Labute approximate surface area is 271 Å². The van der Waals surface area contributed by atoms with E-state index < -0.39 is 0 Å². The van der Waals surface area contributed by atoms with Gasteiger partial charge in [0.1, 0.15) is 0 Å². The van der Waals surface area contributed by atoms with Crippen LogP contribution in [0.2, 0.25) is 0 Å². The normalized spacial score (nSPS) is 11.2. The molecule has 194 valence electrons. The van der Waals surface area contributed by atoms with Crippen molar-refractivity contribution in [3.8, 4) is 22.5 Å². The van der Waals surface area contributed by atoms with Crippen molar-refractivity contribution >= 4 is 27.0 Å². The predicted octanol–water partition coefficient (Wildman–Crippen LogP) is 1.97. The third kappa shape index (κ3) is 8.87. The van der Waals surface area contributed by atoms with Gasteiger partial charge in [-0.1, -0.05) is 62.7 Å². The molecule has 37 heavy (non-hydrogen) atoms. The van der Waals surface area contributed by atoms with Gasteiger partial charge in [-0.3, -0.25) is 14.8 Å². The molecule has 1 aliphatic heterocycles. The van der Waals surface area contributed by atoms with E-state index in [1.807, 2.05) is 48.5 Å². The number of rotatable bonds is 10. The molecule has 1 aliphatic rings. The van der Waals surface area contributed by atoms with Gasteiger partial charge in [0, 0.05) is 34.4 Å².